The molecule has 0 unspecified atom stereocenters. The third-order valence-corrected chi connectivity index (χ3v) is 3.47. The fourth-order valence-electron chi connectivity index (χ4n) is 2.44. The van der Waals surface area contributed by atoms with Gasteiger partial charge in [0, 0.05) is 24.9 Å². The second-order valence-corrected chi connectivity index (χ2v) is 4.66. The Balaban J connectivity index is 2.49. The number of aromatic nitrogens is 3. The van der Waals surface area contributed by atoms with Crippen LogP contribution in [-0.2, 0) is 18.3 Å². The van der Waals surface area contributed by atoms with Gasteiger partial charge in [-0.3, -0.25) is 9.20 Å². The van der Waals surface area contributed by atoms with E-state index >= 15 is 0 Å². The van der Waals surface area contributed by atoms with Crippen molar-refractivity contribution in [2.24, 2.45) is 7.05 Å². The van der Waals surface area contributed by atoms with Crippen molar-refractivity contribution in [2.75, 3.05) is 0 Å². The number of aliphatic carboxylic acids is 1. The van der Waals surface area contributed by atoms with Gasteiger partial charge in [0.1, 0.15) is 11.3 Å². The van der Waals surface area contributed by atoms with Crippen molar-refractivity contribution in [1.29, 1.82) is 0 Å². The van der Waals surface area contributed by atoms with Crippen molar-refractivity contribution in [2.45, 2.75) is 13.3 Å². The number of carboxylic acid groups (broad SMARTS) is 1. The van der Waals surface area contributed by atoms with E-state index in [1.165, 1.54) is 4.40 Å². The van der Waals surface area contributed by atoms with E-state index in [1.807, 2.05) is 0 Å². The quantitative estimate of drug-likeness (QED) is 0.781. The van der Waals surface area contributed by atoms with Crippen LogP contribution in [-0.4, -0.2) is 25.0 Å². The molecule has 1 aromatic carbocycles. The molecule has 2 heterocycles. The Morgan fingerprint density at radius 2 is 2.10 bits per heavy atom. The smallest absolute Gasteiger partial charge is 0.309 e. The summed E-state index contributed by atoms with van der Waals surface area (Å²) in [6.07, 6.45) is -0.243. The first kappa shape index (κ1) is 12.6. The van der Waals surface area contributed by atoms with Gasteiger partial charge in [-0.15, -0.1) is 0 Å². The number of carbonyl (C=O) groups is 1. The van der Waals surface area contributed by atoms with E-state index in [2.05, 4.69) is 4.98 Å². The predicted molar refractivity (Wildman–Crippen MR) is 67.7 cm³/mol. The third-order valence-electron chi connectivity index (χ3n) is 3.47. The Kier molecular flexibility index (Phi) is 2.53. The van der Waals surface area contributed by atoms with Crippen LogP contribution < -0.4 is 0 Å². The third kappa shape index (κ3) is 1.59. The lowest BCUT2D eigenvalue weighted by Gasteiger charge is -2.01. The zero-order valence-electron chi connectivity index (χ0n) is 10.8. The number of hydrogen-bond donors (Lipinski definition) is 1. The van der Waals surface area contributed by atoms with Crippen molar-refractivity contribution in [1.82, 2.24) is 14.0 Å². The lowest BCUT2D eigenvalue weighted by molar-refractivity contribution is -0.136. The number of aryl methyl sites for hydroxylation is 1. The van der Waals surface area contributed by atoms with Crippen molar-refractivity contribution in [3.63, 3.8) is 0 Å². The number of fused-ring (bicyclic) bond motifs is 3. The Hall–Kier alpha value is -2.44. The topological polar surface area (TPSA) is 59.5 Å². The van der Waals surface area contributed by atoms with Crippen LogP contribution >= 0.6 is 0 Å². The van der Waals surface area contributed by atoms with Gasteiger partial charge < -0.3 is 9.67 Å². The first-order valence-electron chi connectivity index (χ1n) is 5.93. The van der Waals surface area contributed by atoms with Gasteiger partial charge in [-0.25, -0.2) is 13.8 Å². The van der Waals surface area contributed by atoms with E-state index in [4.69, 9.17) is 5.11 Å². The minimum absolute atomic E-state index is 0.0311. The van der Waals surface area contributed by atoms with Gasteiger partial charge in [0.25, 0.3) is 0 Å². The molecule has 3 rings (SSSR count). The largest absolute Gasteiger partial charge is 0.481 e. The zero-order chi connectivity index (χ0) is 14.6. The van der Waals surface area contributed by atoms with E-state index in [9.17, 15) is 13.6 Å². The molecular weight excluding hydrogens is 268 g/mol. The SMILES string of the molecule is Cc1c(CC(=O)O)n2c3cc(F)cc(F)c3nc2n1C. The van der Waals surface area contributed by atoms with E-state index in [0.29, 0.717) is 17.2 Å². The van der Waals surface area contributed by atoms with Gasteiger partial charge in [0.15, 0.2) is 5.82 Å². The number of nitrogens with zero attached hydrogens (tertiary/aromatic N) is 3. The summed E-state index contributed by atoms with van der Waals surface area (Å²) in [4.78, 5) is 15.1. The highest BCUT2D eigenvalue weighted by Gasteiger charge is 2.20. The molecule has 0 fully saturated rings. The van der Waals surface area contributed by atoms with E-state index < -0.39 is 17.6 Å². The number of carboxylic acids is 1. The summed E-state index contributed by atoms with van der Waals surface area (Å²) < 4.78 is 30.3. The van der Waals surface area contributed by atoms with Gasteiger partial charge in [-0.1, -0.05) is 0 Å². The van der Waals surface area contributed by atoms with Gasteiger partial charge >= 0.3 is 5.97 Å². The van der Waals surface area contributed by atoms with Crippen LogP contribution in [0.5, 0.6) is 0 Å². The molecule has 104 valence electrons. The van der Waals surface area contributed by atoms with Crippen LogP contribution in [0.4, 0.5) is 8.78 Å². The molecule has 1 N–H and O–H groups in total. The molecule has 0 spiro atoms. The molecule has 0 aliphatic heterocycles. The molecule has 20 heavy (non-hydrogen) atoms. The van der Waals surface area contributed by atoms with Gasteiger partial charge in [-0.05, 0) is 6.92 Å². The Morgan fingerprint density at radius 1 is 1.40 bits per heavy atom. The highest BCUT2D eigenvalue weighted by molar-refractivity contribution is 5.82. The Morgan fingerprint density at radius 3 is 2.75 bits per heavy atom. The number of hydrogen-bond acceptors (Lipinski definition) is 2. The zero-order valence-corrected chi connectivity index (χ0v) is 10.8. The van der Waals surface area contributed by atoms with Gasteiger partial charge in [0.05, 0.1) is 17.6 Å². The fraction of sp³-hybridized carbons (Fsp3) is 0.231. The summed E-state index contributed by atoms with van der Waals surface area (Å²) in [5, 5.41) is 8.99. The van der Waals surface area contributed by atoms with Crippen LogP contribution in [0.25, 0.3) is 16.8 Å². The lowest BCUT2D eigenvalue weighted by atomic mass is 10.2. The maximum atomic E-state index is 13.7. The maximum Gasteiger partial charge on any atom is 0.309 e. The van der Waals surface area contributed by atoms with E-state index in [0.717, 1.165) is 12.1 Å². The summed E-state index contributed by atoms with van der Waals surface area (Å²) in [6.45, 7) is 1.74. The minimum atomic E-state index is -1.01. The molecule has 0 bridgehead atoms. The average Bonchev–Trinajstić information content (AvgIpc) is 2.82. The first-order valence-corrected chi connectivity index (χ1v) is 5.93. The lowest BCUT2D eigenvalue weighted by Crippen LogP contribution is -2.05. The maximum absolute atomic E-state index is 13.7. The number of imidazole rings is 2. The predicted octanol–water partition coefficient (Wildman–Crippen LogP) is 2.04. The van der Waals surface area contributed by atoms with E-state index in [-0.39, 0.29) is 17.5 Å². The standard InChI is InChI=1S/C13H11F2N3O2/c1-6-9(5-11(19)20)18-10-4-7(14)3-8(15)12(10)16-13(18)17(6)2/h3-4H,5H2,1-2H3,(H,19,20). The minimum Gasteiger partial charge on any atom is -0.481 e. The molecule has 0 radical (unpaired) electrons. The second-order valence-electron chi connectivity index (χ2n) is 4.66. The molecule has 2 aromatic heterocycles. The van der Waals surface area contributed by atoms with Crippen LogP contribution in [0.2, 0.25) is 0 Å². The molecule has 0 atom stereocenters. The van der Waals surface area contributed by atoms with Crippen LogP contribution in [0.3, 0.4) is 0 Å². The summed E-state index contributed by atoms with van der Waals surface area (Å²) in [6, 6.07) is 1.92. The Bertz CT molecular complexity index is 864. The van der Waals surface area contributed by atoms with Crippen molar-refractivity contribution < 1.29 is 18.7 Å². The van der Waals surface area contributed by atoms with Crippen molar-refractivity contribution >= 4 is 22.8 Å². The van der Waals surface area contributed by atoms with Crippen LogP contribution in [0.1, 0.15) is 11.4 Å². The summed E-state index contributed by atoms with van der Waals surface area (Å²) >= 11 is 0. The average molecular weight is 279 g/mol. The molecule has 0 aliphatic rings. The molecule has 0 aliphatic carbocycles. The monoisotopic (exact) mass is 279 g/mol. The highest BCUT2D eigenvalue weighted by Crippen LogP contribution is 2.25. The molecule has 3 aromatic rings. The summed E-state index contributed by atoms with van der Waals surface area (Å²) in [7, 11) is 1.70. The van der Waals surface area contributed by atoms with Crippen molar-refractivity contribution in [3.8, 4) is 0 Å². The number of benzene rings is 1. The second kappa shape index (κ2) is 4.03. The van der Waals surface area contributed by atoms with Gasteiger partial charge in [0.2, 0.25) is 5.78 Å². The van der Waals surface area contributed by atoms with Crippen molar-refractivity contribution in [3.05, 3.63) is 35.2 Å². The number of halogens is 2. The van der Waals surface area contributed by atoms with Crippen LogP contribution in [0.15, 0.2) is 12.1 Å². The normalized spacial score (nSPS) is 11.6. The van der Waals surface area contributed by atoms with Crippen LogP contribution in [0, 0.1) is 18.6 Å². The molecule has 0 amide bonds. The molecule has 0 saturated heterocycles. The fourth-order valence-corrected chi connectivity index (χ4v) is 2.44. The molecular formula is C13H11F2N3O2. The highest BCUT2D eigenvalue weighted by atomic mass is 19.1. The summed E-state index contributed by atoms with van der Waals surface area (Å²) in [5.74, 6) is -2.11. The van der Waals surface area contributed by atoms with Gasteiger partial charge in [-0.2, -0.15) is 0 Å². The first-order chi connectivity index (χ1) is 9.40. The van der Waals surface area contributed by atoms with E-state index in [1.54, 1.807) is 18.5 Å². The Labute approximate surface area is 112 Å². The number of rotatable bonds is 2. The molecule has 5 nitrogen and oxygen atoms in total. The molecule has 0 saturated carbocycles. The molecule has 7 heteroatoms. The summed E-state index contributed by atoms with van der Waals surface area (Å²) in [5.41, 5.74) is 1.42.